The van der Waals surface area contributed by atoms with Gasteiger partial charge in [0.2, 0.25) is 0 Å². The van der Waals surface area contributed by atoms with Gasteiger partial charge in [0.05, 0.1) is 0 Å². The molecule has 0 fully saturated rings. The van der Waals surface area contributed by atoms with Crippen molar-refractivity contribution in [1.82, 2.24) is 4.98 Å². The van der Waals surface area contributed by atoms with E-state index in [1.165, 1.54) is 45.1 Å². The van der Waals surface area contributed by atoms with E-state index in [0.29, 0.717) is 0 Å². The first-order chi connectivity index (χ1) is 6.06. The predicted molar refractivity (Wildman–Crippen MR) is 64.7 cm³/mol. The first-order valence-corrected chi connectivity index (χ1v) is 9.31. The Morgan fingerprint density at radius 3 is 1.92 bits per heavy atom. The largest absolute Gasteiger partial charge is 0.337 e. The lowest BCUT2D eigenvalue weighted by Gasteiger charge is -2.17. The molecule has 0 amide bonds. The van der Waals surface area contributed by atoms with Crippen LogP contribution < -0.4 is 4.98 Å². The van der Waals surface area contributed by atoms with Crippen molar-refractivity contribution in [2.24, 2.45) is 0 Å². The van der Waals surface area contributed by atoms with Crippen LogP contribution in [0.4, 0.5) is 0 Å². The van der Waals surface area contributed by atoms with Crippen molar-refractivity contribution in [2.45, 2.75) is 65.1 Å². The Morgan fingerprint density at radius 1 is 0.846 bits per heavy atom. The van der Waals surface area contributed by atoms with Crippen LogP contribution in [-0.4, -0.2) is 14.8 Å². The molecule has 0 aliphatic carbocycles. The number of rotatable bonds is 8. The summed E-state index contributed by atoms with van der Waals surface area (Å²) in [6.45, 7) is 10.6. The Hall–Kier alpha value is 0.177. The van der Waals surface area contributed by atoms with Gasteiger partial charge in [-0.2, -0.15) is 0 Å². The Morgan fingerprint density at radius 2 is 1.38 bits per heavy atom. The van der Waals surface area contributed by atoms with Gasteiger partial charge in [0.1, 0.15) is 8.24 Å². The van der Waals surface area contributed by atoms with Crippen LogP contribution in [0.1, 0.15) is 45.4 Å². The highest BCUT2D eigenvalue weighted by molar-refractivity contribution is 6.73. The van der Waals surface area contributed by atoms with E-state index in [9.17, 15) is 0 Å². The minimum Gasteiger partial charge on any atom is -0.337 e. The molecule has 2 heteroatoms. The van der Waals surface area contributed by atoms with Crippen LogP contribution in [0, 0.1) is 0 Å². The van der Waals surface area contributed by atoms with Crippen LogP contribution in [0.2, 0.25) is 19.6 Å². The topological polar surface area (TPSA) is 12.0 Å². The molecule has 0 aromatic rings. The molecular weight excluding hydrogens is 174 g/mol. The summed E-state index contributed by atoms with van der Waals surface area (Å²) in [6.07, 6.45) is 8.42. The molecule has 13 heavy (non-hydrogen) atoms. The van der Waals surface area contributed by atoms with Crippen molar-refractivity contribution in [3.8, 4) is 0 Å². The van der Waals surface area contributed by atoms with Gasteiger partial charge in [0, 0.05) is 0 Å². The highest BCUT2D eigenvalue weighted by atomic mass is 28.3. The highest BCUT2D eigenvalue weighted by Gasteiger charge is 2.10. The molecule has 0 radical (unpaired) electrons. The summed E-state index contributed by atoms with van der Waals surface area (Å²) in [5.41, 5.74) is 0. The Labute approximate surface area is 85.4 Å². The average Bonchev–Trinajstić information content (AvgIpc) is 2.01. The number of nitrogens with one attached hydrogen (secondary N) is 1. The summed E-state index contributed by atoms with van der Waals surface area (Å²) >= 11 is 0. The first kappa shape index (κ1) is 13.2. The molecule has 0 heterocycles. The molecule has 1 N–H and O–H groups in total. The van der Waals surface area contributed by atoms with Crippen LogP contribution in [0.25, 0.3) is 0 Å². The van der Waals surface area contributed by atoms with Gasteiger partial charge in [-0.15, -0.1) is 0 Å². The van der Waals surface area contributed by atoms with Gasteiger partial charge < -0.3 is 4.98 Å². The molecule has 0 saturated carbocycles. The zero-order chi connectivity index (χ0) is 10.2. The Balaban J connectivity index is 3.00. The van der Waals surface area contributed by atoms with E-state index >= 15 is 0 Å². The SMILES string of the molecule is CCCCCCCCN[Si](C)(C)C. The first-order valence-electron chi connectivity index (χ1n) is 5.81. The molecule has 0 saturated heterocycles. The van der Waals surface area contributed by atoms with Crippen molar-refractivity contribution < 1.29 is 0 Å². The van der Waals surface area contributed by atoms with E-state index in [0.717, 1.165) is 0 Å². The maximum atomic E-state index is 3.65. The van der Waals surface area contributed by atoms with Crippen molar-refractivity contribution in [3.63, 3.8) is 0 Å². The third kappa shape index (κ3) is 12.2. The molecule has 0 aromatic heterocycles. The molecule has 0 unspecified atom stereocenters. The van der Waals surface area contributed by atoms with Crippen LogP contribution >= 0.6 is 0 Å². The zero-order valence-corrected chi connectivity index (χ0v) is 10.9. The van der Waals surface area contributed by atoms with E-state index in [1.54, 1.807) is 0 Å². The summed E-state index contributed by atoms with van der Waals surface area (Å²) in [4.78, 5) is 3.65. The molecule has 0 aromatic carbocycles. The highest BCUT2D eigenvalue weighted by Crippen LogP contribution is 2.04. The second-order valence-corrected chi connectivity index (χ2v) is 9.80. The predicted octanol–water partition coefficient (Wildman–Crippen LogP) is 3.77. The van der Waals surface area contributed by atoms with Crippen LogP contribution in [0.3, 0.4) is 0 Å². The molecule has 1 nitrogen and oxygen atoms in total. The smallest absolute Gasteiger partial charge is 0.116 e. The second kappa shape index (κ2) is 7.57. The molecule has 0 atom stereocenters. The summed E-state index contributed by atoms with van der Waals surface area (Å²) in [6, 6.07) is 0. The third-order valence-corrected chi connectivity index (χ3v) is 3.50. The molecule has 0 rings (SSSR count). The lowest BCUT2D eigenvalue weighted by Crippen LogP contribution is -2.41. The van der Waals surface area contributed by atoms with Gasteiger partial charge in [-0.25, -0.2) is 0 Å². The summed E-state index contributed by atoms with van der Waals surface area (Å²) in [7, 11) is -0.983. The van der Waals surface area contributed by atoms with Gasteiger partial charge in [-0.1, -0.05) is 58.7 Å². The van der Waals surface area contributed by atoms with Crippen molar-refractivity contribution in [1.29, 1.82) is 0 Å². The summed E-state index contributed by atoms with van der Waals surface area (Å²) in [5.74, 6) is 0. The second-order valence-electron chi connectivity index (χ2n) is 4.94. The fraction of sp³-hybridized carbons (Fsp3) is 1.00. The van der Waals surface area contributed by atoms with Gasteiger partial charge in [0.15, 0.2) is 0 Å². The van der Waals surface area contributed by atoms with E-state index in [2.05, 4.69) is 31.5 Å². The fourth-order valence-corrected chi connectivity index (χ4v) is 2.30. The van der Waals surface area contributed by atoms with Crippen molar-refractivity contribution >= 4 is 8.24 Å². The third-order valence-electron chi connectivity index (χ3n) is 2.19. The molecule has 0 bridgehead atoms. The monoisotopic (exact) mass is 201 g/mol. The zero-order valence-electron chi connectivity index (χ0n) is 9.95. The standard InChI is InChI=1S/C11H27NSi/c1-5-6-7-8-9-10-11-12-13(2,3)4/h12H,5-11H2,1-4H3. The average molecular weight is 201 g/mol. The lowest BCUT2D eigenvalue weighted by atomic mass is 10.1. The maximum Gasteiger partial charge on any atom is 0.116 e. The van der Waals surface area contributed by atoms with Gasteiger partial charge in [-0.3, -0.25) is 0 Å². The number of hydrogen-bond acceptors (Lipinski definition) is 1. The normalized spacial score (nSPS) is 12.0. The molecule has 0 aliphatic heterocycles. The van der Waals surface area contributed by atoms with Gasteiger partial charge in [0.25, 0.3) is 0 Å². The van der Waals surface area contributed by atoms with Gasteiger partial charge >= 0.3 is 0 Å². The van der Waals surface area contributed by atoms with Crippen LogP contribution in [0.5, 0.6) is 0 Å². The Kier molecular flexibility index (Phi) is 7.67. The van der Waals surface area contributed by atoms with E-state index in [1.807, 2.05) is 0 Å². The molecule has 80 valence electrons. The summed E-state index contributed by atoms with van der Waals surface area (Å²) in [5, 5.41) is 0. The minimum absolute atomic E-state index is 0.983. The number of hydrogen-bond donors (Lipinski definition) is 1. The minimum atomic E-state index is -0.983. The molecule has 0 spiro atoms. The van der Waals surface area contributed by atoms with E-state index in [4.69, 9.17) is 0 Å². The van der Waals surface area contributed by atoms with E-state index in [-0.39, 0.29) is 0 Å². The summed E-state index contributed by atoms with van der Waals surface area (Å²) < 4.78 is 0. The van der Waals surface area contributed by atoms with Gasteiger partial charge in [-0.05, 0) is 13.0 Å². The molecular formula is C11H27NSi. The van der Waals surface area contributed by atoms with Crippen LogP contribution in [-0.2, 0) is 0 Å². The van der Waals surface area contributed by atoms with E-state index < -0.39 is 8.24 Å². The lowest BCUT2D eigenvalue weighted by molar-refractivity contribution is 0.602. The Bertz CT molecular complexity index is 107. The number of unbranched alkanes of at least 4 members (excludes halogenated alkanes) is 5. The fourth-order valence-electron chi connectivity index (χ4n) is 1.37. The van der Waals surface area contributed by atoms with Crippen molar-refractivity contribution in [3.05, 3.63) is 0 Å². The molecule has 0 aliphatic rings. The van der Waals surface area contributed by atoms with Crippen molar-refractivity contribution in [2.75, 3.05) is 6.54 Å². The quantitative estimate of drug-likeness (QED) is 0.465. The van der Waals surface area contributed by atoms with Crippen LogP contribution in [0.15, 0.2) is 0 Å². The maximum absolute atomic E-state index is 3.65.